The predicted octanol–water partition coefficient (Wildman–Crippen LogP) is 1.52. The van der Waals surface area contributed by atoms with E-state index in [0.29, 0.717) is 30.0 Å². The van der Waals surface area contributed by atoms with Crippen LogP contribution in [0.15, 0.2) is 23.1 Å². The number of hydrogen-bond donors (Lipinski definition) is 3. The zero-order valence-corrected chi connectivity index (χ0v) is 13.1. The Bertz CT molecular complexity index is 541. The zero-order chi connectivity index (χ0) is 15.3. The van der Waals surface area contributed by atoms with Gasteiger partial charge in [-0.3, -0.25) is 0 Å². The van der Waals surface area contributed by atoms with Crippen molar-refractivity contribution in [3.8, 4) is 0 Å². The smallest absolute Gasteiger partial charge is 0.241 e. The Morgan fingerprint density at radius 3 is 2.55 bits per heavy atom. The molecule has 0 saturated heterocycles. The highest BCUT2D eigenvalue weighted by Gasteiger charge is 2.19. The van der Waals surface area contributed by atoms with Gasteiger partial charge in [0.2, 0.25) is 10.0 Å². The van der Waals surface area contributed by atoms with Crippen LogP contribution in [-0.2, 0) is 16.4 Å². The van der Waals surface area contributed by atoms with Crippen LogP contribution in [0.2, 0.25) is 0 Å². The molecule has 0 fully saturated rings. The van der Waals surface area contributed by atoms with E-state index in [0.717, 1.165) is 0 Å². The van der Waals surface area contributed by atoms with Crippen molar-refractivity contribution in [2.45, 2.75) is 44.6 Å². The third-order valence-electron chi connectivity index (χ3n) is 3.01. The van der Waals surface area contributed by atoms with Crippen LogP contribution in [0.3, 0.4) is 0 Å². The summed E-state index contributed by atoms with van der Waals surface area (Å²) < 4.78 is 27.0. The Hall–Kier alpha value is -1.11. The van der Waals surface area contributed by atoms with Crippen LogP contribution >= 0.6 is 0 Å². The van der Waals surface area contributed by atoms with Crippen LogP contribution in [0.1, 0.15) is 32.8 Å². The molecular formula is C14H24N2O3S. The highest BCUT2D eigenvalue weighted by Crippen LogP contribution is 2.19. The zero-order valence-electron chi connectivity index (χ0n) is 12.3. The van der Waals surface area contributed by atoms with E-state index in [-0.39, 0.29) is 11.4 Å². The van der Waals surface area contributed by atoms with Crippen LogP contribution in [0, 0.1) is 5.92 Å². The van der Waals surface area contributed by atoms with Gasteiger partial charge in [0.15, 0.2) is 0 Å². The van der Waals surface area contributed by atoms with E-state index in [1.807, 2.05) is 20.8 Å². The molecule has 0 spiro atoms. The lowest BCUT2D eigenvalue weighted by molar-refractivity contribution is 0.152. The SMILES string of the molecule is CCc1ccc(N)cc1S(=O)(=O)NCC(O)CC(C)C. The van der Waals surface area contributed by atoms with E-state index < -0.39 is 16.1 Å². The third kappa shape index (κ3) is 4.77. The molecule has 4 N–H and O–H groups in total. The van der Waals surface area contributed by atoms with Gasteiger partial charge in [-0.2, -0.15) is 0 Å². The maximum Gasteiger partial charge on any atom is 0.241 e. The minimum absolute atomic E-state index is 0.0124. The van der Waals surface area contributed by atoms with Crippen molar-refractivity contribution in [1.82, 2.24) is 4.72 Å². The van der Waals surface area contributed by atoms with Crippen LogP contribution in [-0.4, -0.2) is 26.2 Å². The monoisotopic (exact) mass is 300 g/mol. The van der Waals surface area contributed by atoms with Crippen LogP contribution in [0.5, 0.6) is 0 Å². The largest absolute Gasteiger partial charge is 0.399 e. The molecule has 0 aliphatic heterocycles. The number of hydrogen-bond acceptors (Lipinski definition) is 4. The number of aliphatic hydroxyl groups is 1. The predicted molar refractivity (Wildman–Crippen MR) is 80.9 cm³/mol. The highest BCUT2D eigenvalue weighted by molar-refractivity contribution is 7.89. The Balaban J connectivity index is 2.86. The molecule has 0 aliphatic rings. The van der Waals surface area contributed by atoms with Gasteiger partial charge < -0.3 is 10.8 Å². The fourth-order valence-corrected chi connectivity index (χ4v) is 3.44. The summed E-state index contributed by atoms with van der Waals surface area (Å²) in [6, 6.07) is 4.86. The molecule has 6 heteroatoms. The first-order valence-corrected chi connectivity index (χ1v) is 8.30. The summed E-state index contributed by atoms with van der Waals surface area (Å²) in [5, 5.41) is 9.76. The second-order valence-electron chi connectivity index (χ2n) is 5.36. The second kappa shape index (κ2) is 7.06. The molecule has 114 valence electrons. The number of aliphatic hydroxyl groups excluding tert-OH is 1. The molecule has 0 amide bonds. The first kappa shape index (κ1) is 16.9. The second-order valence-corrected chi connectivity index (χ2v) is 7.09. The van der Waals surface area contributed by atoms with E-state index >= 15 is 0 Å². The number of rotatable bonds is 7. The number of nitrogen functional groups attached to an aromatic ring is 1. The molecule has 0 heterocycles. The molecule has 1 unspecified atom stereocenters. The maximum atomic E-state index is 12.3. The van der Waals surface area contributed by atoms with Gasteiger partial charge in [0.1, 0.15) is 0 Å². The van der Waals surface area contributed by atoms with Gasteiger partial charge in [0, 0.05) is 12.2 Å². The van der Waals surface area contributed by atoms with Crippen molar-refractivity contribution >= 4 is 15.7 Å². The van der Waals surface area contributed by atoms with E-state index in [9.17, 15) is 13.5 Å². The number of aryl methyl sites for hydroxylation is 1. The molecule has 1 atom stereocenters. The van der Waals surface area contributed by atoms with E-state index in [4.69, 9.17) is 5.73 Å². The summed E-state index contributed by atoms with van der Waals surface area (Å²) in [5.74, 6) is 0.313. The quantitative estimate of drug-likeness (QED) is 0.666. The lowest BCUT2D eigenvalue weighted by Gasteiger charge is -2.15. The number of nitrogens with two attached hydrogens (primary N) is 1. The van der Waals surface area contributed by atoms with Crippen molar-refractivity contribution in [3.63, 3.8) is 0 Å². The van der Waals surface area contributed by atoms with Crippen molar-refractivity contribution in [2.75, 3.05) is 12.3 Å². The summed E-state index contributed by atoms with van der Waals surface area (Å²) in [7, 11) is -3.65. The number of anilines is 1. The topological polar surface area (TPSA) is 92.4 Å². The van der Waals surface area contributed by atoms with Crippen molar-refractivity contribution in [2.24, 2.45) is 5.92 Å². The summed E-state index contributed by atoms with van der Waals surface area (Å²) >= 11 is 0. The van der Waals surface area contributed by atoms with Crippen LogP contribution < -0.4 is 10.5 Å². The van der Waals surface area contributed by atoms with E-state index in [2.05, 4.69) is 4.72 Å². The first-order valence-electron chi connectivity index (χ1n) is 6.82. The maximum absolute atomic E-state index is 12.3. The molecule has 1 aromatic rings. The number of nitrogens with one attached hydrogen (secondary N) is 1. The Morgan fingerprint density at radius 2 is 2.00 bits per heavy atom. The fourth-order valence-electron chi connectivity index (χ4n) is 2.02. The van der Waals surface area contributed by atoms with Gasteiger partial charge in [-0.15, -0.1) is 0 Å². The van der Waals surface area contributed by atoms with Crippen LogP contribution in [0.25, 0.3) is 0 Å². The minimum atomic E-state index is -3.65. The van der Waals surface area contributed by atoms with Crippen LogP contribution in [0.4, 0.5) is 5.69 Å². The minimum Gasteiger partial charge on any atom is -0.399 e. The van der Waals surface area contributed by atoms with Crippen molar-refractivity contribution in [1.29, 1.82) is 0 Å². The molecule has 20 heavy (non-hydrogen) atoms. The molecule has 0 bridgehead atoms. The molecule has 1 aromatic carbocycles. The molecule has 1 rings (SSSR count). The molecule has 0 aromatic heterocycles. The normalized spacial score (nSPS) is 13.7. The molecule has 5 nitrogen and oxygen atoms in total. The van der Waals surface area contributed by atoms with Gasteiger partial charge in [-0.05, 0) is 36.5 Å². The lowest BCUT2D eigenvalue weighted by Crippen LogP contribution is -2.33. The van der Waals surface area contributed by atoms with Gasteiger partial charge in [-0.25, -0.2) is 13.1 Å². The number of benzene rings is 1. The Labute approximate surface area is 121 Å². The standard InChI is InChI=1S/C14H24N2O3S/c1-4-11-5-6-12(15)8-14(11)20(18,19)16-9-13(17)7-10(2)3/h5-6,8,10,13,16-17H,4,7,9,15H2,1-3H3. The fraction of sp³-hybridized carbons (Fsp3) is 0.571. The summed E-state index contributed by atoms with van der Waals surface area (Å²) in [6.07, 6.45) is 0.474. The summed E-state index contributed by atoms with van der Waals surface area (Å²) in [5.41, 5.74) is 6.78. The van der Waals surface area contributed by atoms with Crippen molar-refractivity contribution < 1.29 is 13.5 Å². The average molecular weight is 300 g/mol. The molecule has 0 radical (unpaired) electrons. The lowest BCUT2D eigenvalue weighted by atomic mass is 10.1. The van der Waals surface area contributed by atoms with Gasteiger partial charge >= 0.3 is 0 Å². The molecule has 0 aliphatic carbocycles. The Morgan fingerprint density at radius 1 is 1.35 bits per heavy atom. The third-order valence-corrected chi connectivity index (χ3v) is 4.52. The van der Waals surface area contributed by atoms with Gasteiger partial charge in [-0.1, -0.05) is 26.8 Å². The molecular weight excluding hydrogens is 276 g/mol. The average Bonchev–Trinajstić information content (AvgIpc) is 2.36. The van der Waals surface area contributed by atoms with E-state index in [1.165, 1.54) is 6.07 Å². The summed E-state index contributed by atoms with van der Waals surface area (Å²) in [6.45, 7) is 5.85. The Kier molecular flexibility index (Phi) is 5.98. The number of sulfonamides is 1. The van der Waals surface area contributed by atoms with E-state index in [1.54, 1.807) is 12.1 Å². The van der Waals surface area contributed by atoms with Crippen molar-refractivity contribution in [3.05, 3.63) is 23.8 Å². The highest BCUT2D eigenvalue weighted by atomic mass is 32.2. The first-order chi connectivity index (χ1) is 9.26. The van der Waals surface area contributed by atoms with Gasteiger partial charge in [0.25, 0.3) is 0 Å². The molecule has 0 saturated carbocycles. The summed E-state index contributed by atoms with van der Waals surface area (Å²) in [4.78, 5) is 0.191. The van der Waals surface area contributed by atoms with Gasteiger partial charge in [0.05, 0.1) is 11.0 Å².